The van der Waals surface area contributed by atoms with E-state index in [9.17, 15) is 4.79 Å². The lowest BCUT2D eigenvalue weighted by molar-refractivity contribution is -0.116. The topological polar surface area (TPSA) is 75.4 Å². The molecule has 72 valence electrons. The van der Waals surface area contributed by atoms with Gasteiger partial charge in [0, 0.05) is 6.42 Å². The summed E-state index contributed by atoms with van der Waals surface area (Å²) < 4.78 is 4.53. The van der Waals surface area contributed by atoms with Gasteiger partial charge in [0.25, 0.3) is 0 Å². The molecule has 0 saturated heterocycles. The van der Waals surface area contributed by atoms with Crippen LogP contribution in [0.5, 0.6) is 0 Å². The van der Waals surface area contributed by atoms with Crippen LogP contribution >= 0.6 is 0 Å². The van der Waals surface area contributed by atoms with Gasteiger partial charge >= 0.3 is 0 Å². The zero-order valence-corrected chi connectivity index (χ0v) is 7.36. The number of nitrogens with zero attached hydrogens (tertiary/aromatic N) is 1. The van der Waals surface area contributed by atoms with Crippen molar-refractivity contribution in [2.45, 2.75) is 25.9 Å². The summed E-state index contributed by atoms with van der Waals surface area (Å²) in [5, 5.41) is 14.9. The molecule has 1 rings (SSSR count). The zero-order chi connectivity index (χ0) is 9.68. The molecule has 0 aliphatic rings. The molecule has 1 aromatic rings. The van der Waals surface area contributed by atoms with E-state index in [-0.39, 0.29) is 5.91 Å². The number of nitrogens with one attached hydrogen (secondary N) is 1. The van der Waals surface area contributed by atoms with Gasteiger partial charge in [-0.05, 0) is 13.3 Å². The van der Waals surface area contributed by atoms with Gasteiger partial charge in [-0.3, -0.25) is 4.79 Å². The lowest BCUT2D eigenvalue weighted by atomic mass is 10.2. The number of anilines is 1. The largest absolute Gasteiger partial charge is 0.393 e. The van der Waals surface area contributed by atoms with Gasteiger partial charge in [-0.1, -0.05) is 5.16 Å². The van der Waals surface area contributed by atoms with Gasteiger partial charge in [-0.15, -0.1) is 0 Å². The number of amides is 1. The van der Waals surface area contributed by atoms with Gasteiger partial charge in [0.1, 0.15) is 12.0 Å². The molecule has 0 spiro atoms. The molecular formula is C8H12N2O3. The summed E-state index contributed by atoms with van der Waals surface area (Å²) in [6.07, 6.45) is 3.06. The summed E-state index contributed by atoms with van der Waals surface area (Å²) in [5.41, 5.74) is 0.538. The Labute approximate surface area is 75.7 Å². The molecule has 0 saturated carbocycles. The Kier molecular flexibility index (Phi) is 3.45. The monoisotopic (exact) mass is 184 g/mol. The third kappa shape index (κ3) is 3.71. The SMILES string of the molecule is CC(O)CCC(=O)Nc1cnoc1. The van der Waals surface area contributed by atoms with Crippen molar-refractivity contribution >= 4 is 11.6 Å². The third-order valence-electron chi connectivity index (χ3n) is 1.51. The molecule has 5 nitrogen and oxygen atoms in total. The maximum absolute atomic E-state index is 11.1. The second-order valence-electron chi connectivity index (χ2n) is 2.85. The maximum Gasteiger partial charge on any atom is 0.224 e. The summed E-state index contributed by atoms with van der Waals surface area (Å²) in [6, 6.07) is 0. The van der Waals surface area contributed by atoms with Crippen LogP contribution in [-0.4, -0.2) is 22.3 Å². The summed E-state index contributed by atoms with van der Waals surface area (Å²) >= 11 is 0. The Morgan fingerprint density at radius 3 is 3.15 bits per heavy atom. The van der Waals surface area contributed by atoms with Gasteiger partial charge in [0.15, 0.2) is 0 Å². The minimum Gasteiger partial charge on any atom is -0.393 e. The Balaban J connectivity index is 2.26. The molecule has 13 heavy (non-hydrogen) atoms. The zero-order valence-electron chi connectivity index (χ0n) is 7.36. The molecule has 5 heteroatoms. The Morgan fingerprint density at radius 2 is 2.62 bits per heavy atom. The number of carbonyl (C=O) groups excluding carboxylic acids is 1. The number of hydrogen-bond donors (Lipinski definition) is 2. The van der Waals surface area contributed by atoms with Gasteiger partial charge in [0.2, 0.25) is 5.91 Å². The molecule has 1 atom stereocenters. The van der Waals surface area contributed by atoms with Crippen molar-refractivity contribution in [1.82, 2.24) is 5.16 Å². The normalized spacial score (nSPS) is 12.5. The van der Waals surface area contributed by atoms with Crippen LogP contribution in [0.1, 0.15) is 19.8 Å². The smallest absolute Gasteiger partial charge is 0.224 e. The van der Waals surface area contributed by atoms with E-state index in [4.69, 9.17) is 5.11 Å². The van der Waals surface area contributed by atoms with Crippen molar-refractivity contribution in [2.24, 2.45) is 0 Å². The van der Waals surface area contributed by atoms with Crippen molar-refractivity contribution in [3.8, 4) is 0 Å². The summed E-state index contributed by atoms with van der Waals surface area (Å²) in [5.74, 6) is -0.149. The van der Waals surface area contributed by atoms with Crippen LogP contribution in [0.25, 0.3) is 0 Å². The minimum atomic E-state index is -0.451. The summed E-state index contributed by atoms with van der Waals surface area (Å²) in [6.45, 7) is 1.65. The first-order valence-corrected chi connectivity index (χ1v) is 4.06. The average molecular weight is 184 g/mol. The molecule has 2 N–H and O–H groups in total. The predicted molar refractivity (Wildman–Crippen MR) is 46.0 cm³/mol. The van der Waals surface area contributed by atoms with Gasteiger partial charge in [0.05, 0.1) is 12.3 Å². The number of aliphatic hydroxyl groups is 1. The Hall–Kier alpha value is -1.36. The first kappa shape index (κ1) is 9.73. The Morgan fingerprint density at radius 1 is 1.85 bits per heavy atom. The molecule has 1 aromatic heterocycles. The van der Waals surface area contributed by atoms with Crippen LogP contribution in [0.2, 0.25) is 0 Å². The van der Waals surface area contributed by atoms with Gasteiger partial charge in [-0.2, -0.15) is 0 Å². The van der Waals surface area contributed by atoms with E-state index in [1.54, 1.807) is 6.92 Å². The molecule has 0 bridgehead atoms. The first-order chi connectivity index (χ1) is 6.18. The van der Waals surface area contributed by atoms with E-state index < -0.39 is 6.10 Å². The molecule has 0 aliphatic heterocycles. The van der Waals surface area contributed by atoms with Crippen LogP contribution < -0.4 is 5.32 Å². The van der Waals surface area contributed by atoms with Gasteiger partial charge < -0.3 is 14.9 Å². The lowest BCUT2D eigenvalue weighted by Crippen LogP contribution is -2.13. The molecule has 0 aromatic carbocycles. The second kappa shape index (κ2) is 4.61. The van der Waals surface area contributed by atoms with E-state index in [2.05, 4.69) is 15.0 Å². The van der Waals surface area contributed by atoms with Crippen LogP contribution in [0, 0.1) is 0 Å². The van der Waals surface area contributed by atoms with Crippen LogP contribution in [0.3, 0.4) is 0 Å². The van der Waals surface area contributed by atoms with E-state index in [1.807, 2.05) is 0 Å². The van der Waals surface area contributed by atoms with Crippen LogP contribution in [0.4, 0.5) is 5.69 Å². The fourth-order valence-corrected chi connectivity index (χ4v) is 0.830. The van der Waals surface area contributed by atoms with Crippen molar-refractivity contribution < 1.29 is 14.4 Å². The van der Waals surface area contributed by atoms with Crippen molar-refractivity contribution in [3.63, 3.8) is 0 Å². The van der Waals surface area contributed by atoms with E-state index >= 15 is 0 Å². The molecule has 1 heterocycles. The first-order valence-electron chi connectivity index (χ1n) is 4.06. The number of aromatic nitrogens is 1. The number of hydrogen-bond acceptors (Lipinski definition) is 4. The van der Waals surface area contributed by atoms with E-state index in [0.29, 0.717) is 18.5 Å². The minimum absolute atomic E-state index is 0.149. The predicted octanol–water partition coefficient (Wildman–Crippen LogP) is 0.774. The van der Waals surface area contributed by atoms with Crippen LogP contribution in [0.15, 0.2) is 17.0 Å². The molecule has 0 fully saturated rings. The molecule has 1 amide bonds. The maximum atomic E-state index is 11.1. The van der Waals surface area contributed by atoms with Crippen molar-refractivity contribution in [3.05, 3.63) is 12.5 Å². The fraction of sp³-hybridized carbons (Fsp3) is 0.500. The third-order valence-corrected chi connectivity index (χ3v) is 1.51. The molecule has 0 aliphatic carbocycles. The average Bonchev–Trinajstić information content (AvgIpc) is 2.53. The van der Waals surface area contributed by atoms with Gasteiger partial charge in [-0.25, -0.2) is 0 Å². The number of rotatable bonds is 4. The standard InChI is InChI=1S/C8H12N2O3/c1-6(11)2-3-8(12)10-7-4-9-13-5-7/h4-6,11H,2-3H2,1H3,(H,10,12). The summed E-state index contributed by atoms with van der Waals surface area (Å²) in [4.78, 5) is 11.1. The second-order valence-corrected chi connectivity index (χ2v) is 2.85. The fourth-order valence-electron chi connectivity index (χ4n) is 0.830. The highest BCUT2D eigenvalue weighted by molar-refractivity contribution is 5.90. The number of aliphatic hydroxyl groups excluding tert-OH is 1. The number of carbonyl (C=O) groups is 1. The molecular weight excluding hydrogens is 172 g/mol. The Bertz CT molecular complexity index is 256. The molecule has 1 unspecified atom stereocenters. The lowest BCUT2D eigenvalue weighted by Gasteiger charge is -2.03. The highest BCUT2D eigenvalue weighted by Gasteiger charge is 2.05. The van der Waals surface area contributed by atoms with Crippen molar-refractivity contribution in [1.29, 1.82) is 0 Å². The van der Waals surface area contributed by atoms with E-state index in [0.717, 1.165) is 0 Å². The summed E-state index contributed by atoms with van der Waals surface area (Å²) in [7, 11) is 0. The molecule has 0 radical (unpaired) electrons. The van der Waals surface area contributed by atoms with Crippen molar-refractivity contribution in [2.75, 3.05) is 5.32 Å². The van der Waals surface area contributed by atoms with Crippen LogP contribution in [-0.2, 0) is 4.79 Å². The highest BCUT2D eigenvalue weighted by atomic mass is 16.5. The quantitative estimate of drug-likeness (QED) is 0.724. The van der Waals surface area contributed by atoms with E-state index in [1.165, 1.54) is 12.5 Å². The highest BCUT2D eigenvalue weighted by Crippen LogP contribution is 2.05.